The van der Waals surface area contributed by atoms with Gasteiger partial charge in [-0.3, -0.25) is 9.36 Å². The fourth-order valence-electron chi connectivity index (χ4n) is 2.48. The van der Waals surface area contributed by atoms with Gasteiger partial charge in [0.05, 0.1) is 12.7 Å². The molecule has 0 aliphatic heterocycles. The topological polar surface area (TPSA) is 31.2 Å². The van der Waals surface area contributed by atoms with E-state index in [0.717, 1.165) is 17.7 Å². The van der Waals surface area contributed by atoms with E-state index in [2.05, 4.69) is 0 Å². The average Bonchev–Trinajstić information content (AvgIpc) is 2.62. The Morgan fingerprint density at radius 2 is 1.60 bits per heavy atom. The van der Waals surface area contributed by atoms with E-state index < -0.39 is 17.3 Å². The van der Waals surface area contributed by atoms with Crippen LogP contribution in [0.1, 0.15) is 5.56 Å². The number of alkyl halides is 3. The monoisotopic (exact) mass is 345 g/mol. The summed E-state index contributed by atoms with van der Waals surface area (Å²) in [5.74, 6) is 0.690. The molecule has 1 heterocycles. The number of hydrogen-bond acceptors (Lipinski definition) is 2. The minimum absolute atomic E-state index is 0.162. The van der Waals surface area contributed by atoms with E-state index in [4.69, 9.17) is 4.74 Å². The predicted molar refractivity (Wildman–Crippen MR) is 89.0 cm³/mol. The first kappa shape index (κ1) is 16.8. The van der Waals surface area contributed by atoms with Gasteiger partial charge in [0.2, 0.25) is 0 Å². The molecule has 128 valence electrons. The van der Waals surface area contributed by atoms with Crippen molar-refractivity contribution in [2.24, 2.45) is 0 Å². The van der Waals surface area contributed by atoms with Gasteiger partial charge in [-0.1, -0.05) is 18.2 Å². The van der Waals surface area contributed by atoms with Crippen molar-refractivity contribution in [2.45, 2.75) is 6.18 Å². The lowest BCUT2D eigenvalue weighted by Gasteiger charge is -2.12. The van der Waals surface area contributed by atoms with Gasteiger partial charge in [-0.15, -0.1) is 0 Å². The number of halogens is 3. The van der Waals surface area contributed by atoms with E-state index in [1.807, 2.05) is 12.1 Å². The van der Waals surface area contributed by atoms with Crippen molar-refractivity contribution in [3.63, 3.8) is 0 Å². The van der Waals surface area contributed by atoms with Gasteiger partial charge < -0.3 is 4.74 Å². The summed E-state index contributed by atoms with van der Waals surface area (Å²) in [7, 11) is 1.56. The van der Waals surface area contributed by atoms with Crippen molar-refractivity contribution in [1.29, 1.82) is 0 Å². The fraction of sp³-hybridized carbons (Fsp3) is 0.105. The maximum absolute atomic E-state index is 12.9. The molecule has 2 aromatic carbocycles. The van der Waals surface area contributed by atoms with Crippen LogP contribution < -0.4 is 10.3 Å². The van der Waals surface area contributed by atoms with Gasteiger partial charge in [0.15, 0.2) is 0 Å². The smallest absolute Gasteiger partial charge is 0.416 e. The van der Waals surface area contributed by atoms with Crippen LogP contribution >= 0.6 is 0 Å². The van der Waals surface area contributed by atoms with Crippen molar-refractivity contribution in [3.05, 3.63) is 82.8 Å². The molecule has 0 saturated carbocycles. The molecule has 6 heteroatoms. The fourth-order valence-corrected chi connectivity index (χ4v) is 2.48. The van der Waals surface area contributed by atoms with Crippen LogP contribution in [0.5, 0.6) is 5.75 Å². The SMILES string of the molecule is COc1ccc(-c2ccc(=O)n(-c3cccc(C(F)(F)F)c3)c2)cc1. The Morgan fingerprint density at radius 3 is 2.24 bits per heavy atom. The highest BCUT2D eigenvalue weighted by molar-refractivity contribution is 5.63. The Balaban J connectivity index is 2.07. The van der Waals surface area contributed by atoms with Crippen molar-refractivity contribution in [2.75, 3.05) is 7.11 Å². The summed E-state index contributed by atoms with van der Waals surface area (Å²) in [5.41, 5.74) is 0.486. The molecule has 3 rings (SSSR count). The van der Waals surface area contributed by atoms with Crippen molar-refractivity contribution in [3.8, 4) is 22.6 Å². The van der Waals surface area contributed by atoms with E-state index >= 15 is 0 Å². The molecular formula is C19H14F3NO2. The van der Waals surface area contributed by atoms with Crippen molar-refractivity contribution < 1.29 is 17.9 Å². The summed E-state index contributed by atoms with van der Waals surface area (Å²) in [6.45, 7) is 0. The van der Waals surface area contributed by atoms with Crippen LogP contribution in [0.4, 0.5) is 13.2 Å². The molecule has 0 atom stereocenters. The normalized spacial score (nSPS) is 11.4. The summed E-state index contributed by atoms with van der Waals surface area (Å²) >= 11 is 0. The third-order valence-electron chi connectivity index (χ3n) is 3.79. The molecule has 0 N–H and O–H groups in total. The quantitative estimate of drug-likeness (QED) is 0.698. The molecule has 3 aromatic rings. The first-order chi connectivity index (χ1) is 11.9. The highest BCUT2D eigenvalue weighted by Crippen LogP contribution is 2.30. The predicted octanol–water partition coefficient (Wildman–Crippen LogP) is 4.53. The van der Waals surface area contributed by atoms with Crippen LogP contribution in [0.15, 0.2) is 71.7 Å². The van der Waals surface area contributed by atoms with E-state index in [9.17, 15) is 18.0 Å². The third-order valence-corrected chi connectivity index (χ3v) is 3.79. The van der Waals surface area contributed by atoms with Gasteiger partial charge in [0, 0.05) is 18.0 Å². The average molecular weight is 345 g/mol. The molecule has 0 bridgehead atoms. The van der Waals surface area contributed by atoms with Gasteiger partial charge in [-0.25, -0.2) is 0 Å². The molecule has 1 aromatic heterocycles. The molecule has 3 nitrogen and oxygen atoms in total. The number of methoxy groups -OCH3 is 1. The minimum Gasteiger partial charge on any atom is -0.497 e. The number of pyridine rings is 1. The van der Waals surface area contributed by atoms with E-state index in [1.54, 1.807) is 25.3 Å². The minimum atomic E-state index is -4.47. The Kier molecular flexibility index (Phi) is 4.35. The summed E-state index contributed by atoms with van der Waals surface area (Å²) in [4.78, 5) is 12.1. The molecular weight excluding hydrogens is 331 g/mol. The third kappa shape index (κ3) is 3.57. The molecule has 0 aliphatic rings. The molecule has 25 heavy (non-hydrogen) atoms. The van der Waals surface area contributed by atoms with Crippen LogP contribution in [0, 0.1) is 0 Å². The molecule has 0 fully saturated rings. The lowest BCUT2D eigenvalue weighted by molar-refractivity contribution is -0.137. The lowest BCUT2D eigenvalue weighted by Crippen LogP contribution is -2.17. The highest BCUT2D eigenvalue weighted by atomic mass is 19.4. The van der Waals surface area contributed by atoms with Gasteiger partial charge in [0.1, 0.15) is 5.75 Å². The number of hydrogen-bond donors (Lipinski definition) is 0. The zero-order chi connectivity index (χ0) is 18.0. The van der Waals surface area contributed by atoms with E-state index in [0.29, 0.717) is 11.3 Å². The Hall–Kier alpha value is -3.02. The maximum atomic E-state index is 12.9. The summed E-state index contributed by atoms with van der Waals surface area (Å²) in [5, 5.41) is 0. The molecule has 0 saturated heterocycles. The van der Waals surface area contributed by atoms with Crippen LogP contribution in [-0.4, -0.2) is 11.7 Å². The standard InChI is InChI=1S/C19H14F3NO2/c1-25-17-8-5-13(6-9-17)14-7-10-18(24)23(12-14)16-4-2-3-15(11-16)19(20,21)22/h2-12H,1H3. The van der Waals surface area contributed by atoms with Gasteiger partial charge in [0.25, 0.3) is 5.56 Å². The first-order valence-electron chi connectivity index (χ1n) is 7.43. The van der Waals surface area contributed by atoms with Crippen molar-refractivity contribution in [1.82, 2.24) is 4.57 Å². The van der Waals surface area contributed by atoms with E-state index in [-0.39, 0.29) is 5.69 Å². The molecule has 0 aliphatic carbocycles. The Labute approximate surface area is 141 Å². The zero-order valence-electron chi connectivity index (χ0n) is 13.2. The second-order valence-electron chi connectivity index (χ2n) is 5.40. The zero-order valence-corrected chi connectivity index (χ0v) is 13.2. The number of benzene rings is 2. The maximum Gasteiger partial charge on any atom is 0.416 e. The van der Waals surface area contributed by atoms with Crippen molar-refractivity contribution >= 4 is 0 Å². The van der Waals surface area contributed by atoms with Gasteiger partial charge >= 0.3 is 6.18 Å². The van der Waals surface area contributed by atoms with Gasteiger partial charge in [-0.2, -0.15) is 13.2 Å². The molecule has 0 unspecified atom stereocenters. The Bertz CT molecular complexity index is 944. The van der Waals surface area contributed by atoms with Crippen LogP contribution in [0.25, 0.3) is 16.8 Å². The second-order valence-corrected chi connectivity index (χ2v) is 5.40. The summed E-state index contributed by atoms with van der Waals surface area (Å²) in [6, 6.07) is 14.8. The number of ether oxygens (including phenoxy) is 1. The largest absolute Gasteiger partial charge is 0.497 e. The second kappa shape index (κ2) is 6.47. The molecule has 0 radical (unpaired) electrons. The summed E-state index contributed by atoms with van der Waals surface area (Å²) in [6.07, 6.45) is -2.94. The molecule has 0 spiro atoms. The lowest BCUT2D eigenvalue weighted by atomic mass is 10.1. The Morgan fingerprint density at radius 1 is 0.920 bits per heavy atom. The first-order valence-corrected chi connectivity index (χ1v) is 7.43. The van der Waals surface area contributed by atoms with Crippen LogP contribution in [0.3, 0.4) is 0 Å². The van der Waals surface area contributed by atoms with Gasteiger partial charge in [-0.05, 0) is 47.5 Å². The number of rotatable bonds is 3. The van der Waals surface area contributed by atoms with Crippen LogP contribution in [0.2, 0.25) is 0 Å². The summed E-state index contributed by atoms with van der Waals surface area (Å²) < 4.78 is 45.0. The number of nitrogens with zero attached hydrogens (tertiary/aromatic N) is 1. The highest BCUT2D eigenvalue weighted by Gasteiger charge is 2.30. The van der Waals surface area contributed by atoms with E-state index in [1.165, 1.54) is 29.0 Å². The molecule has 0 amide bonds. The van der Waals surface area contributed by atoms with Crippen LogP contribution in [-0.2, 0) is 6.18 Å². The number of aromatic nitrogens is 1.